The molecule has 17 heavy (non-hydrogen) atoms. The largest absolute Gasteiger partial charge is 0.466 e. The lowest BCUT2D eigenvalue weighted by molar-refractivity contribution is -0.144. The molecule has 0 aliphatic carbocycles. The van der Waals surface area contributed by atoms with Crippen LogP contribution in [0.4, 0.5) is 0 Å². The van der Waals surface area contributed by atoms with E-state index in [0.29, 0.717) is 31.1 Å². The van der Waals surface area contributed by atoms with Gasteiger partial charge in [-0.3, -0.25) is 9.59 Å². The van der Waals surface area contributed by atoms with Gasteiger partial charge in [-0.25, -0.2) is 0 Å². The number of ether oxygens (including phenoxy) is 2. The summed E-state index contributed by atoms with van der Waals surface area (Å²) in [6.07, 6.45) is 0.375. The van der Waals surface area contributed by atoms with Crippen LogP contribution in [0, 0.1) is 0 Å². The molecule has 2 N–H and O–H groups in total. The highest BCUT2D eigenvalue weighted by Gasteiger charge is 2.14. The Balaban J connectivity index is 3.45. The van der Waals surface area contributed by atoms with Crippen LogP contribution in [0.1, 0.15) is 20.3 Å². The third kappa shape index (κ3) is 9.31. The molecule has 0 heterocycles. The molecule has 0 aliphatic rings. The molecular formula is C10H19NO4S2. The van der Waals surface area contributed by atoms with Crippen molar-refractivity contribution in [2.24, 2.45) is 5.73 Å². The van der Waals surface area contributed by atoms with Crippen molar-refractivity contribution in [2.75, 3.05) is 24.7 Å². The molecule has 0 radical (unpaired) electrons. The summed E-state index contributed by atoms with van der Waals surface area (Å²) in [6.45, 7) is 4.27. The van der Waals surface area contributed by atoms with Crippen LogP contribution in [0.15, 0.2) is 0 Å². The van der Waals surface area contributed by atoms with E-state index in [4.69, 9.17) is 15.2 Å². The number of carbonyl (C=O) groups excluding carboxylic acids is 2. The molecule has 0 amide bonds. The number of carbonyl (C=O) groups is 2. The summed E-state index contributed by atoms with van der Waals surface area (Å²) in [5.41, 5.74) is 5.59. The second kappa shape index (κ2) is 10.7. The number of esters is 2. The molecule has 1 unspecified atom stereocenters. The maximum atomic E-state index is 11.2. The first-order valence-electron chi connectivity index (χ1n) is 5.44. The van der Waals surface area contributed by atoms with Gasteiger partial charge in [0.05, 0.1) is 19.6 Å². The molecule has 0 fully saturated rings. The van der Waals surface area contributed by atoms with Crippen LogP contribution in [-0.2, 0) is 19.1 Å². The summed E-state index contributed by atoms with van der Waals surface area (Å²) in [7, 11) is 2.96. The average molecular weight is 281 g/mol. The van der Waals surface area contributed by atoms with Crippen molar-refractivity contribution in [1.82, 2.24) is 0 Å². The molecule has 0 bridgehead atoms. The first-order chi connectivity index (χ1) is 8.11. The van der Waals surface area contributed by atoms with Crippen LogP contribution < -0.4 is 5.73 Å². The summed E-state index contributed by atoms with van der Waals surface area (Å²) in [5, 5.41) is 0. The Morgan fingerprint density at radius 2 is 1.82 bits per heavy atom. The third-order valence-corrected chi connectivity index (χ3v) is 4.06. The van der Waals surface area contributed by atoms with Crippen molar-refractivity contribution < 1.29 is 19.1 Å². The molecule has 0 saturated carbocycles. The zero-order chi connectivity index (χ0) is 13.1. The number of hydrogen-bond acceptors (Lipinski definition) is 7. The Bertz CT molecular complexity index is 238. The topological polar surface area (TPSA) is 78.6 Å². The van der Waals surface area contributed by atoms with E-state index < -0.39 is 6.04 Å². The molecule has 5 nitrogen and oxygen atoms in total. The van der Waals surface area contributed by atoms with E-state index in [0.717, 1.165) is 0 Å². The van der Waals surface area contributed by atoms with Gasteiger partial charge >= 0.3 is 11.9 Å². The fraction of sp³-hybridized carbons (Fsp3) is 0.800. The second-order valence-corrected chi connectivity index (χ2v) is 5.65. The van der Waals surface area contributed by atoms with E-state index >= 15 is 0 Å². The summed E-state index contributed by atoms with van der Waals surface area (Å²) < 4.78 is 9.55. The van der Waals surface area contributed by atoms with Crippen molar-refractivity contribution in [1.29, 1.82) is 0 Å². The van der Waals surface area contributed by atoms with Gasteiger partial charge in [0, 0.05) is 11.5 Å². The lowest BCUT2D eigenvalue weighted by Crippen LogP contribution is -2.34. The Labute approximate surface area is 110 Å². The van der Waals surface area contributed by atoms with Gasteiger partial charge < -0.3 is 15.2 Å². The van der Waals surface area contributed by atoms with E-state index in [1.807, 2.05) is 0 Å². The minimum absolute atomic E-state index is 0.199. The van der Waals surface area contributed by atoms with Crippen LogP contribution in [0.5, 0.6) is 0 Å². The molecule has 0 aromatic carbocycles. The molecule has 0 spiro atoms. The van der Waals surface area contributed by atoms with Crippen LogP contribution in [0.2, 0.25) is 0 Å². The summed E-state index contributed by atoms with van der Waals surface area (Å²) in [6, 6.07) is -0.602. The maximum absolute atomic E-state index is 11.2. The third-order valence-electron chi connectivity index (χ3n) is 1.62. The van der Waals surface area contributed by atoms with Crippen LogP contribution in [0.25, 0.3) is 0 Å². The Morgan fingerprint density at radius 1 is 1.18 bits per heavy atom. The molecule has 0 aromatic rings. The first-order valence-corrected chi connectivity index (χ1v) is 7.92. The van der Waals surface area contributed by atoms with Gasteiger partial charge in [-0.1, -0.05) is 21.6 Å². The molecule has 1 atom stereocenters. The molecule has 0 aliphatic heterocycles. The lowest BCUT2D eigenvalue weighted by atomic mass is 10.4. The lowest BCUT2D eigenvalue weighted by Gasteiger charge is -2.09. The highest BCUT2D eigenvalue weighted by molar-refractivity contribution is 8.76. The Morgan fingerprint density at radius 3 is 2.41 bits per heavy atom. The quantitative estimate of drug-likeness (QED) is 0.386. The van der Waals surface area contributed by atoms with Gasteiger partial charge in [0.15, 0.2) is 0 Å². The van der Waals surface area contributed by atoms with E-state index in [2.05, 4.69) is 0 Å². The van der Waals surface area contributed by atoms with Gasteiger partial charge in [-0.2, -0.15) is 0 Å². The first kappa shape index (κ1) is 16.6. The molecule has 0 saturated heterocycles. The van der Waals surface area contributed by atoms with Gasteiger partial charge in [-0.15, -0.1) is 0 Å². The van der Waals surface area contributed by atoms with Gasteiger partial charge in [0.1, 0.15) is 6.04 Å². The average Bonchev–Trinajstić information content (AvgIpc) is 2.29. The van der Waals surface area contributed by atoms with E-state index in [1.54, 1.807) is 13.8 Å². The van der Waals surface area contributed by atoms with Gasteiger partial charge in [0.25, 0.3) is 0 Å². The minimum Gasteiger partial charge on any atom is -0.466 e. The van der Waals surface area contributed by atoms with E-state index in [9.17, 15) is 9.59 Å². The van der Waals surface area contributed by atoms with Crippen LogP contribution in [-0.4, -0.2) is 42.7 Å². The number of rotatable bonds is 9. The predicted molar refractivity (Wildman–Crippen MR) is 70.8 cm³/mol. The Kier molecular flexibility index (Phi) is 10.5. The fourth-order valence-electron chi connectivity index (χ4n) is 0.856. The SMILES string of the molecule is CCOC(=O)CCSSCC(N)C(=O)OCC. The zero-order valence-electron chi connectivity index (χ0n) is 10.1. The monoisotopic (exact) mass is 281 g/mol. The number of nitrogens with two attached hydrogens (primary N) is 1. The van der Waals surface area contributed by atoms with Crippen molar-refractivity contribution in [3.8, 4) is 0 Å². The molecule has 0 rings (SSSR count). The smallest absolute Gasteiger partial charge is 0.323 e. The highest BCUT2D eigenvalue weighted by atomic mass is 33.1. The van der Waals surface area contributed by atoms with Crippen LogP contribution >= 0.6 is 21.6 Å². The summed E-state index contributed by atoms with van der Waals surface area (Å²) in [5.74, 6) is 0.548. The minimum atomic E-state index is -0.602. The molecule has 0 aromatic heterocycles. The molecule has 7 heteroatoms. The summed E-state index contributed by atoms with van der Waals surface area (Å²) >= 11 is 0. The summed E-state index contributed by atoms with van der Waals surface area (Å²) in [4.78, 5) is 22.1. The maximum Gasteiger partial charge on any atom is 0.323 e. The number of hydrogen-bond donors (Lipinski definition) is 1. The van der Waals surface area contributed by atoms with Crippen LogP contribution in [0.3, 0.4) is 0 Å². The normalized spacial score (nSPS) is 11.9. The standard InChI is InChI=1S/C10H19NO4S2/c1-3-14-9(12)5-6-16-17-7-8(11)10(13)15-4-2/h8H,3-7,11H2,1-2H3. The van der Waals surface area contributed by atoms with Crippen molar-refractivity contribution in [3.05, 3.63) is 0 Å². The van der Waals surface area contributed by atoms with Crippen molar-refractivity contribution in [3.63, 3.8) is 0 Å². The van der Waals surface area contributed by atoms with Crippen molar-refractivity contribution in [2.45, 2.75) is 26.3 Å². The molecular weight excluding hydrogens is 262 g/mol. The highest BCUT2D eigenvalue weighted by Crippen LogP contribution is 2.22. The fourth-order valence-corrected chi connectivity index (χ4v) is 2.93. The molecule has 100 valence electrons. The zero-order valence-corrected chi connectivity index (χ0v) is 11.8. The van der Waals surface area contributed by atoms with Crippen molar-refractivity contribution >= 4 is 33.5 Å². The predicted octanol–water partition coefficient (Wildman–Crippen LogP) is 1.21. The van der Waals surface area contributed by atoms with E-state index in [-0.39, 0.29) is 11.9 Å². The Hall–Kier alpha value is -0.400. The van der Waals surface area contributed by atoms with Gasteiger partial charge in [0.2, 0.25) is 0 Å². The van der Waals surface area contributed by atoms with E-state index in [1.165, 1.54) is 21.6 Å². The van der Waals surface area contributed by atoms with Gasteiger partial charge in [-0.05, 0) is 13.8 Å². The second-order valence-electron chi connectivity index (χ2n) is 3.02.